The van der Waals surface area contributed by atoms with E-state index in [1.165, 1.54) is 0 Å². The van der Waals surface area contributed by atoms with Gasteiger partial charge in [0.2, 0.25) is 5.91 Å². The molecule has 1 amide bonds. The van der Waals surface area contributed by atoms with Crippen LogP contribution < -0.4 is 10.1 Å². The van der Waals surface area contributed by atoms with E-state index in [0.717, 1.165) is 12.5 Å². The molecule has 0 bridgehead atoms. The fourth-order valence-electron chi connectivity index (χ4n) is 1.56. The van der Waals surface area contributed by atoms with Crippen molar-refractivity contribution in [3.63, 3.8) is 0 Å². The Morgan fingerprint density at radius 1 is 1.41 bits per heavy atom. The largest absolute Gasteiger partial charge is 0.494 e. The number of aliphatic carboxylic acids is 1. The van der Waals surface area contributed by atoms with Crippen LogP contribution in [-0.4, -0.2) is 40.8 Å². The van der Waals surface area contributed by atoms with Gasteiger partial charge in [-0.15, -0.1) is 0 Å². The van der Waals surface area contributed by atoms with Gasteiger partial charge in [0.05, 0.1) is 13.2 Å². The second-order valence-electron chi connectivity index (χ2n) is 5.22. The third kappa shape index (κ3) is 5.91. The minimum atomic E-state index is -1.97. The molecule has 0 saturated carbocycles. The van der Waals surface area contributed by atoms with Crippen molar-refractivity contribution in [3.05, 3.63) is 28.8 Å². The molecule has 1 aromatic carbocycles. The Balaban J connectivity index is 2.25. The Morgan fingerprint density at radius 2 is 2.09 bits per heavy atom. The number of carbonyl (C=O) groups is 2. The first-order valence-electron chi connectivity index (χ1n) is 6.84. The zero-order valence-electron chi connectivity index (χ0n) is 12.6. The highest BCUT2D eigenvalue weighted by atomic mass is 35.5. The van der Waals surface area contributed by atoms with E-state index >= 15 is 0 Å². The van der Waals surface area contributed by atoms with Crippen molar-refractivity contribution >= 4 is 23.5 Å². The van der Waals surface area contributed by atoms with E-state index in [-0.39, 0.29) is 18.9 Å². The summed E-state index contributed by atoms with van der Waals surface area (Å²) >= 11 is 5.91. The van der Waals surface area contributed by atoms with E-state index in [1.807, 2.05) is 13.0 Å². The highest BCUT2D eigenvalue weighted by molar-refractivity contribution is 6.31. The van der Waals surface area contributed by atoms with Crippen LogP contribution in [0.4, 0.5) is 0 Å². The molecular weight excluding hydrogens is 310 g/mol. The monoisotopic (exact) mass is 329 g/mol. The average molecular weight is 330 g/mol. The number of halogens is 1. The third-order valence-corrected chi connectivity index (χ3v) is 3.46. The standard InChI is InChI=1S/C15H20ClNO5/c1-10-8-11(5-6-12(10)16)22-7-3-4-13(18)17-9-15(2,21)14(19)20/h5-6,8,21H,3-4,7,9H2,1-2H3,(H,17,18)(H,19,20). The fraction of sp³-hybridized carbons (Fsp3) is 0.467. The molecule has 1 unspecified atom stereocenters. The van der Waals surface area contributed by atoms with E-state index in [9.17, 15) is 14.7 Å². The van der Waals surface area contributed by atoms with Gasteiger partial charge in [0.1, 0.15) is 5.75 Å². The molecule has 0 heterocycles. The SMILES string of the molecule is Cc1cc(OCCCC(=O)NCC(C)(O)C(=O)O)ccc1Cl. The average Bonchev–Trinajstić information content (AvgIpc) is 2.45. The van der Waals surface area contributed by atoms with Crippen LogP contribution in [0.3, 0.4) is 0 Å². The molecule has 0 radical (unpaired) electrons. The maximum Gasteiger partial charge on any atom is 0.337 e. The lowest BCUT2D eigenvalue weighted by Gasteiger charge is -2.18. The van der Waals surface area contributed by atoms with Gasteiger partial charge < -0.3 is 20.3 Å². The Hall–Kier alpha value is -1.79. The first-order valence-corrected chi connectivity index (χ1v) is 7.21. The molecule has 0 aliphatic carbocycles. The van der Waals surface area contributed by atoms with Gasteiger partial charge in [0.25, 0.3) is 0 Å². The van der Waals surface area contributed by atoms with Crippen molar-refractivity contribution < 1.29 is 24.5 Å². The summed E-state index contributed by atoms with van der Waals surface area (Å²) in [5, 5.41) is 21.2. The molecule has 6 nitrogen and oxygen atoms in total. The number of nitrogens with one attached hydrogen (secondary N) is 1. The van der Waals surface area contributed by atoms with Gasteiger partial charge in [-0.25, -0.2) is 4.79 Å². The van der Waals surface area contributed by atoms with Crippen molar-refractivity contribution in [2.24, 2.45) is 0 Å². The number of carbonyl (C=O) groups excluding carboxylic acids is 1. The normalized spacial score (nSPS) is 13.3. The molecule has 0 spiro atoms. The topological polar surface area (TPSA) is 95.9 Å². The van der Waals surface area contributed by atoms with Crippen LogP contribution in [0.5, 0.6) is 5.75 Å². The van der Waals surface area contributed by atoms with Crippen molar-refractivity contribution in [1.29, 1.82) is 0 Å². The molecule has 1 aromatic rings. The Morgan fingerprint density at radius 3 is 2.68 bits per heavy atom. The number of hydrogen-bond acceptors (Lipinski definition) is 4. The number of aryl methyl sites for hydroxylation is 1. The predicted octanol–water partition coefficient (Wildman–Crippen LogP) is 1.76. The van der Waals surface area contributed by atoms with Crippen molar-refractivity contribution in [2.75, 3.05) is 13.2 Å². The Bertz CT molecular complexity index is 545. The van der Waals surface area contributed by atoms with Gasteiger partial charge in [-0.2, -0.15) is 0 Å². The first-order chi connectivity index (χ1) is 10.2. The van der Waals surface area contributed by atoms with Crippen molar-refractivity contribution in [1.82, 2.24) is 5.32 Å². The van der Waals surface area contributed by atoms with Crippen LogP contribution in [0, 0.1) is 6.92 Å². The maximum absolute atomic E-state index is 11.5. The minimum Gasteiger partial charge on any atom is -0.494 e. The smallest absolute Gasteiger partial charge is 0.337 e. The number of amides is 1. The summed E-state index contributed by atoms with van der Waals surface area (Å²) < 4.78 is 5.49. The lowest BCUT2D eigenvalue weighted by atomic mass is 10.1. The van der Waals surface area contributed by atoms with E-state index in [4.69, 9.17) is 21.4 Å². The molecule has 0 aliphatic rings. The van der Waals surface area contributed by atoms with Crippen LogP contribution in [0.1, 0.15) is 25.3 Å². The van der Waals surface area contributed by atoms with Crippen LogP contribution in [0.25, 0.3) is 0 Å². The molecule has 0 saturated heterocycles. The molecule has 122 valence electrons. The van der Waals surface area contributed by atoms with E-state index in [0.29, 0.717) is 23.8 Å². The first kappa shape index (κ1) is 18.3. The second-order valence-corrected chi connectivity index (χ2v) is 5.63. The highest BCUT2D eigenvalue weighted by Crippen LogP contribution is 2.21. The molecule has 0 fully saturated rings. The molecule has 0 aromatic heterocycles. The molecule has 7 heteroatoms. The summed E-state index contributed by atoms with van der Waals surface area (Å²) in [6.45, 7) is 3.01. The number of aliphatic hydroxyl groups is 1. The highest BCUT2D eigenvalue weighted by Gasteiger charge is 2.30. The lowest BCUT2D eigenvalue weighted by Crippen LogP contribution is -2.46. The number of carboxylic acids is 1. The summed E-state index contributed by atoms with van der Waals surface area (Å²) in [6, 6.07) is 5.30. The zero-order chi connectivity index (χ0) is 16.8. The predicted molar refractivity (Wildman–Crippen MR) is 82.2 cm³/mol. The molecule has 1 atom stereocenters. The quantitative estimate of drug-likeness (QED) is 0.632. The van der Waals surface area contributed by atoms with Crippen LogP contribution in [-0.2, 0) is 9.59 Å². The van der Waals surface area contributed by atoms with E-state index < -0.39 is 11.6 Å². The van der Waals surface area contributed by atoms with Gasteiger partial charge in [-0.1, -0.05) is 11.6 Å². The van der Waals surface area contributed by atoms with Gasteiger partial charge in [0, 0.05) is 11.4 Å². The fourth-order valence-corrected chi connectivity index (χ4v) is 1.68. The zero-order valence-corrected chi connectivity index (χ0v) is 13.3. The lowest BCUT2D eigenvalue weighted by molar-refractivity contribution is -0.156. The van der Waals surface area contributed by atoms with Crippen LogP contribution in [0.2, 0.25) is 5.02 Å². The van der Waals surface area contributed by atoms with Gasteiger partial charge in [0.15, 0.2) is 5.60 Å². The van der Waals surface area contributed by atoms with Crippen LogP contribution in [0.15, 0.2) is 18.2 Å². The van der Waals surface area contributed by atoms with E-state index in [2.05, 4.69) is 5.32 Å². The van der Waals surface area contributed by atoms with E-state index in [1.54, 1.807) is 12.1 Å². The number of rotatable bonds is 8. The summed E-state index contributed by atoms with van der Waals surface area (Å²) in [4.78, 5) is 22.2. The Labute approximate surface area is 134 Å². The molecule has 3 N–H and O–H groups in total. The van der Waals surface area contributed by atoms with Gasteiger partial charge in [-0.05, 0) is 44.0 Å². The van der Waals surface area contributed by atoms with Crippen molar-refractivity contribution in [2.45, 2.75) is 32.3 Å². The van der Waals surface area contributed by atoms with Gasteiger partial charge >= 0.3 is 5.97 Å². The molecule has 1 rings (SSSR count). The summed E-state index contributed by atoms with van der Waals surface area (Å²) in [5.41, 5.74) is -1.06. The number of ether oxygens (including phenoxy) is 1. The molecular formula is C15H20ClNO5. The summed E-state index contributed by atoms with van der Waals surface area (Å²) in [5.74, 6) is -1.04. The summed E-state index contributed by atoms with van der Waals surface area (Å²) in [6.07, 6.45) is 0.658. The molecule has 0 aliphatic heterocycles. The number of hydrogen-bond donors (Lipinski definition) is 3. The summed E-state index contributed by atoms with van der Waals surface area (Å²) in [7, 11) is 0. The maximum atomic E-state index is 11.5. The van der Waals surface area contributed by atoms with Crippen LogP contribution >= 0.6 is 11.6 Å². The third-order valence-electron chi connectivity index (χ3n) is 3.04. The molecule has 22 heavy (non-hydrogen) atoms. The minimum absolute atomic E-state index is 0.183. The second kappa shape index (κ2) is 8.00. The number of benzene rings is 1. The number of carboxylic acid groups (broad SMARTS) is 1. The Kier molecular flexibility index (Phi) is 6.64. The van der Waals surface area contributed by atoms with Crippen molar-refractivity contribution in [3.8, 4) is 5.75 Å². The van der Waals surface area contributed by atoms with Gasteiger partial charge in [-0.3, -0.25) is 4.79 Å².